The predicted molar refractivity (Wildman–Crippen MR) is 85.0 cm³/mol. The molecule has 1 heterocycles. The molecule has 6 heteroatoms. The van der Waals surface area contributed by atoms with E-state index in [0.29, 0.717) is 5.01 Å². The number of aliphatic carboxylic acids is 1. The Kier molecular flexibility index (Phi) is 4.92. The third-order valence-electron chi connectivity index (χ3n) is 3.49. The Morgan fingerprint density at radius 2 is 1.91 bits per heavy atom. The lowest BCUT2D eigenvalue weighted by molar-refractivity contribution is -0.141. The van der Waals surface area contributed by atoms with E-state index >= 15 is 0 Å². The number of thiazole rings is 1. The second-order valence-corrected chi connectivity index (χ2v) is 6.30. The van der Waals surface area contributed by atoms with E-state index in [1.807, 2.05) is 44.2 Å². The Bertz CT molecular complexity index is 662. The summed E-state index contributed by atoms with van der Waals surface area (Å²) in [5.74, 6) is -1.38. The van der Waals surface area contributed by atoms with Gasteiger partial charge in [-0.3, -0.25) is 4.79 Å². The Morgan fingerprint density at radius 1 is 1.27 bits per heavy atom. The standard InChI is InChI=1S/C16H18N2O3S/c1-10-12(3)22-14(17-10)15(19)18(11(2)16(20)21)9-13-7-5-4-6-8-13/h4-8,11H,9H2,1-3H3,(H,20,21). The summed E-state index contributed by atoms with van der Waals surface area (Å²) in [6, 6.07) is 8.42. The second-order valence-electron chi connectivity index (χ2n) is 5.09. The molecule has 22 heavy (non-hydrogen) atoms. The predicted octanol–water partition coefficient (Wildman–Crippen LogP) is 2.88. The van der Waals surface area contributed by atoms with Crippen molar-refractivity contribution < 1.29 is 14.7 Å². The zero-order chi connectivity index (χ0) is 16.3. The number of carbonyl (C=O) groups excluding carboxylic acids is 1. The van der Waals surface area contributed by atoms with Gasteiger partial charge in [-0.05, 0) is 26.3 Å². The van der Waals surface area contributed by atoms with Crippen molar-refractivity contribution in [2.75, 3.05) is 0 Å². The second kappa shape index (κ2) is 6.70. The Balaban J connectivity index is 2.31. The lowest BCUT2D eigenvalue weighted by Gasteiger charge is -2.25. The van der Waals surface area contributed by atoms with Crippen LogP contribution in [0.25, 0.3) is 0 Å². The third kappa shape index (κ3) is 3.51. The highest BCUT2D eigenvalue weighted by Gasteiger charge is 2.28. The lowest BCUT2D eigenvalue weighted by Crippen LogP contribution is -2.42. The minimum atomic E-state index is -1.03. The van der Waals surface area contributed by atoms with E-state index in [1.54, 1.807) is 0 Å². The minimum absolute atomic E-state index is 0.241. The number of carbonyl (C=O) groups is 2. The molecule has 1 aromatic carbocycles. The molecule has 0 spiro atoms. The van der Waals surface area contributed by atoms with Crippen LogP contribution in [0.3, 0.4) is 0 Å². The number of hydrogen-bond acceptors (Lipinski definition) is 4. The quantitative estimate of drug-likeness (QED) is 0.920. The van der Waals surface area contributed by atoms with E-state index in [-0.39, 0.29) is 12.5 Å². The van der Waals surface area contributed by atoms with Crippen molar-refractivity contribution in [3.63, 3.8) is 0 Å². The molecular weight excluding hydrogens is 300 g/mol. The molecule has 0 fully saturated rings. The maximum absolute atomic E-state index is 12.7. The highest BCUT2D eigenvalue weighted by Crippen LogP contribution is 2.20. The molecule has 5 nitrogen and oxygen atoms in total. The van der Waals surface area contributed by atoms with E-state index in [4.69, 9.17) is 0 Å². The summed E-state index contributed by atoms with van der Waals surface area (Å²) in [5, 5.41) is 9.61. The van der Waals surface area contributed by atoms with Gasteiger partial charge in [-0.1, -0.05) is 30.3 Å². The number of nitrogens with zero attached hydrogens (tertiary/aromatic N) is 2. The Hall–Kier alpha value is -2.21. The van der Waals surface area contributed by atoms with E-state index in [2.05, 4.69) is 4.98 Å². The molecule has 1 N–H and O–H groups in total. The molecule has 0 aliphatic rings. The van der Waals surface area contributed by atoms with Gasteiger partial charge < -0.3 is 10.0 Å². The van der Waals surface area contributed by atoms with Gasteiger partial charge in [0.05, 0.1) is 5.69 Å². The van der Waals surface area contributed by atoms with Crippen LogP contribution in [0.5, 0.6) is 0 Å². The van der Waals surface area contributed by atoms with Gasteiger partial charge in [0.2, 0.25) is 0 Å². The van der Waals surface area contributed by atoms with Crippen molar-refractivity contribution in [1.29, 1.82) is 0 Å². The SMILES string of the molecule is Cc1nc(C(=O)N(Cc2ccccc2)C(C)C(=O)O)sc1C. The minimum Gasteiger partial charge on any atom is -0.480 e. The first-order valence-electron chi connectivity index (χ1n) is 6.92. The number of rotatable bonds is 5. The van der Waals surface area contributed by atoms with Gasteiger partial charge in [0.1, 0.15) is 6.04 Å². The van der Waals surface area contributed by atoms with Gasteiger partial charge in [-0.2, -0.15) is 0 Å². The normalized spacial score (nSPS) is 12.0. The monoisotopic (exact) mass is 318 g/mol. The van der Waals surface area contributed by atoms with E-state index < -0.39 is 12.0 Å². The molecule has 116 valence electrons. The first kappa shape index (κ1) is 16.2. The molecule has 0 aliphatic heterocycles. The first-order chi connectivity index (χ1) is 10.4. The number of carboxylic acids is 1. The van der Waals surface area contributed by atoms with Crippen molar-refractivity contribution in [2.24, 2.45) is 0 Å². The van der Waals surface area contributed by atoms with Crippen LogP contribution in [-0.2, 0) is 11.3 Å². The molecule has 0 bridgehead atoms. The number of hydrogen-bond donors (Lipinski definition) is 1. The topological polar surface area (TPSA) is 70.5 Å². The molecule has 1 atom stereocenters. The largest absolute Gasteiger partial charge is 0.480 e. The van der Waals surface area contributed by atoms with E-state index in [1.165, 1.54) is 23.2 Å². The molecule has 0 saturated carbocycles. The molecule has 2 aromatic rings. The fourth-order valence-electron chi connectivity index (χ4n) is 1.99. The summed E-state index contributed by atoms with van der Waals surface area (Å²) in [7, 11) is 0. The molecule has 0 aliphatic carbocycles. The van der Waals surface area contributed by atoms with Crippen LogP contribution < -0.4 is 0 Å². The summed E-state index contributed by atoms with van der Waals surface area (Å²) in [4.78, 5) is 30.6. The van der Waals surface area contributed by atoms with Crippen LogP contribution in [-0.4, -0.2) is 32.9 Å². The molecule has 1 aromatic heterocycles. The van der Waals surface area contributed by atoms with Crippen LogP contribution in [0.4, 0.5) is 0 Å². The van der Waals surface area contributed by atoms with Gasteiger partial charge in [-0.25, -0.2) is 9.78 Å². The van der Waals surface area contributed by atoms with E-state index in [0.717, 1.165) is 16.1 Å². The van der Waals surface area contributed by atoms with Gasteiger partial charge in [0.25, 0.3) is 5.91 Å². The number of benzene rings is 1. The fraction of sp³-hybridized carbons (Fsp3) is 0.312. The molecule has 1 amide bonds. The maximum Gasteiger partial charge on any atom is 0.326 e. The zero-order valence-corrected chi connectivity index (χ0v) is 13.6. The summed E-state index contributed by atoms with van der Waals surface area (Å²) in [5.41, 5.74) is 1.69. The molecule has 0 saturated heterocycles. The highest BCUT2D eigenvalue weighted by atomic mass is 32.1. The molecule has 1 unspecified atom stereocenters. The third-order valence-corrected chi connectivity index (χ3v) is 4.55. The van der Waals surface area contributed by atoms with Crippen molar-refractivity contribution in [3.05, 3.63) is 51.5 Å². The zero-order valence-electron chi connectivity index (χ0n) is 12.7. The van der Waals surface area contributed by atoms with Crippen LogP contribution >= 0.6 is 11.3 Å². The van der Waals surface area contributed by atoms with Crippen LogP contribution in [0.15, 0.2) is 30.3 Å². The molecule has 2 rings (SSSR count). The highest BCUT2D eigenvalue weighted by molar-refractivity contribution is 7.13. The van der Waals surface area contributed by atoms with Crippen molar-refractivity contribution in [3.8, 4) is 0 Å². The van der Waals surface area contributed by atoms with Gasteiger partial charge in [0, 0.05) is 11.4 Å². The first-order valence-corrected chi connectivity index (χ1v) is 7.73. The summed E-state index contributed by atoms with van der Waals surface area (Å²) in [6.07, 6.45) is 0. The van der Waals surface area contributed by atoms with Gasteiger partial charge in [0.15, 0.2) is 5.01 Å². The Morgan fingerprint density at radius 3 is 2.41 bits per heavy atom. The smallest absolute Gasteiger partial charge is 0.326 e. The number of amides is 1. The fourth-order valence-corrected chi connectivity index (χ4v) is 2.86. The average Bonchev–Trinajstić information content (AvgIpc) is 2.84. The number of aryl methyl sites for hydroxylation is 2. The summed E-state index contributed by atoms with van der Waals surface area (Å²) >= 11 is 1.30. The molecular formula is C16H18N2O3S. The van der Waals surface area contributed by atoms with Crippen molar-refractivity contribution in [2.45, 2.75) is 33.4 Å². The molecule has 0 radical (unpaired) electrons. The van der Waals surface area contributed by atoms with Crippen molar-refractivity contribution in [1.82, 2.24) is 9.88 Å². The average molecular weight is 318 g/mol. The Labute approximate surface area is 133 Å². The maximum atomic E-state index is 12.7. The van der Waals surface area contributed by atoms with Crippen LogP contribution in [0.1, 0.15) is 32.9 Å². The van der Waals surface area contributed by atoms with Gasteiger partial charge in [-0.15, -0.1) is 11.3 Å². The lowest BCUT2D eigenvalue weighted by atomic mass is 10.2. The number of aromatic nitrogens is 1. The number of carboxylic acid groups (broad SMARTS) is 1. The van der Waals surface area contributed by atoms with Gasteiger partial charge >= 0.3 is 5.97 Å². The van der Waals surface area contributed by atoms with Crippen LogP contribution in [0.2, 0.25) is 0 Å². The van der Waals surface area contributed by atoms with Crippen LogP contribution in [0, 0.1) is 13.8 Å². The summed E-state index contributed by atoms with van der Waals surface area (Å²) in [6.45, 7) is 5.48. The van der Waals surface area contributed by atoms with Crippen molar-refractivity contribution >= 4 is 23.2 Å². The summed E-state index contributed by atoms with van der Waals surface area (Å²) < 4.78 is 0. The van der Waals surface area contributed by atoms with E-state index in [9.17, 15) is 14.7 Å².